The van der Waals surface area contributed by atoms with Crippen LogP contribution in [0.3, 0.4) is 0 Å². The van der Waals surface area contributed by atoms with Crippen molar-refractivity contribution >= 4 is 11.3 Å². The molecule has 0 spiro atoms. The Morgan fingerprint density at radius 2 is 2.00 bits per heavy atom. The van der Waals surface area contributed by atoms with Gasteiger partial charge < -0.3 is 10.4 Å². The van der Waals surface area contributed by atoms with E-state index < -0.39 is 0 Å². The molecule has 1 aromatic heterocycles. The van der Waals surface area contributed by atoms with Gasteiger partial charge in [0.15, 0.2) is 0 Å². The van der Waals surface area contributed by atoms with Crippen molar-refractivity contribution < 1.29 is 5.11 Å². The van der Waals surface area contributed by atoms with Crippen LogP contribution in [0.1, 0.15) is 56.4 Å². The number of hydrogen-bond acceptors (Lipinski definition) is 4. The lowest BCUT2D eigenvalue weighted by Crippen LogP contribution is -2.51. The SMILES string of the molecule is C[C@H](NC1CCN([C@@H]2CCCC[C@@H]2O)CC1)c1cccs1. The largest absolute Gasteiger partial charge is 0.391 e. The summed E-state index contributed by atoms with van der Waals surface area (Å²) in [6.45, 7) is 4.54. The maximum absolute atomic E-state index is 10.2. The second-order valence-electron chi connectivity index (χ2n) is 6.63. The Morgan fingerprint density at radius 3 is 2.67 bits per heavy atom. The zero-order valence-corrected chi connectivity index (χ0v) is 13.8. The van der Waals surface area contributed by atoms with Gasteiger partial charge in [-0.15, -0.1) is 11.3 Å². The van der Waals surface area contributed by atoms with Crippen LogP contribution in [-0.4, -0.2) is 41.3 Å². The Morgan fingerprint density at radius 1 is 1.24 bits per heavy atom. The van der Waals surface area contributed by atoms with Crippen molar-refractivity contribution in [3.05, 3.63) is 22.4 Å². The zero-order chi connectivity index (χ0) is 14.7. The molecule has 2 aliphatic rings. The third-order valence-corrected chi connectivity index (χ3v) is 6.20. The molecule has 0 bridgehead atoms. The summed E-state index contributed by atoms with van der Waals surface area (Å²) >= 11 is 1.84. The fourth-order valence-electron chi connectivity index (χ4n) is 3.89. The summed E-state index contributed by atoms with van der Waals surface area (Å²) in [6, 6.07) is 5.86. The Kier molecular flexibility index (Phi) is 5.33. The highest BCUT2D eigenvalue weighted by molar-refractivity contribution is 7.10. The molecule has 1 aliphatic carbocycles. The summed E-state index contributed by atoms with van der Waals surface area (Å²) in [6.07, 6.45) is 7.00. The van der Waals surface area contributed by atoms with Gasteiger partial charge in [-0.1, -0.05) is 18.9 Å². The number of nitrogens with zero attached hydrogens (tertiary/aromatic N) is 1. The summed E-state index contributed by atoms with van der Waals surface area (Å²) in [5, 5.41) is 16.1. The van der Waals surface area contributed by atoms with Gasteiger partial charge in [0.25, 0.3) is 0 Å². The number of likely N-dealkylation sites (tertiary alicyclic amines) is 1. The van der Waals surface area contributed by atoms with Crippen LogP contribution >= 0.6 is 11.3 Å². The van der Waals surface area contributed by atoms with Gasteiger partial charge in [0.2, 0.25) is 0 Å². The molecule has 2 heterocycles. The fourth-order valence-corrected chi connectivity index (χ4v) is 4.63. The third-order valence-electron chi connectivity index (χ3n) is 5.15. The maximum Gasteiger partial charge on any atom is 0.0695 e. The Hall–Kier alpha value is -0.420. The van der Waals surface area contributed by atoms with E-state index in [0.29, 0.717) is 18.1 Å². The van der Waals surface area contributed by atoms with Crippen molar-refractivity contribution in [1.29, 1.82) is 0 Å². The van der Waals surface area contributed by atoms with Crippen LogP contribution in [-0.2, 0) is 0 Å². The molecule has 3 atom stereocenters. The molecular weight excluding hydrogens is 280 g/mol. The Balaban J connectivity index is 1.46. The molecule has 2 fully saturated rings. The van der Waals surface area contributed by atoms with Crippen LogP contribution in [0.4, 0.5) is 0 Å². The number of rotatable bonds is 4. The van der Waals surface area contributed by atoms with Gasteiger partial charge in [0.05, 0.1) is 6.10 Å². The fraction of sp³-hybridized carbons (Fsp3) is 0.765. The monoisotopic (exact) mass is 308 g/mol. The number of piperidine rings is 1. The molecule has 0 amide bonds. The van der Waals surface area contributed by atoms with Crippen LogP contribution in [0.2, 0.25) is 0 Å². The molecule has 118 valence electrons. The summed E-state index contributed by atoms with van der Waals surface area (Å²) in [5.74, 6) is 0. The van der Waals surface area contributed by atoms with E-state index in [1.54, 1.807) is 0 Å². The van der Waals surface area contributed by atoms with Gasteiger partial charge in [-0.3, -0.25) is 4.90 Å². The molecule has 3 nitrogen and oxygen atoms in total. The predicted molar refractivity (Wildman–Crippen MR) is 88.7 cm³/mol. The first kappa shape index (κ1) is 15.5. The van der Waals surface area contributed by atoms with Crippen LogP contribution in [0.15, 0.2) is 17.5 Å². The number of aliphatic hydroxyl groups is 1. The third kappa shape index (κ3) is 3.86. The van der Waals surface area contributed by atoms with Gasteiger partial charge in [-0.25, -0.2) is 0 Å². The van der Waals surface area contributed by atoms with E-state index in [1.165, 1.54) is 37.0 Å². The number of thiophene rings is 1. The van der Waals surface area contributed by atoms with Gasteiger partial charge >= 0.3 is 0 Å². The molecular formula is C17H28N2OS. The van der Waals surface area contributed by atoms with Crippen molar-refractivity contribution in [2.45, 2.75) is 69.7 Å². The zero-order valence-electron chi connectivity index (χ0n) is 13.0. The Bertz CT molecular complexity index is 414. The molecule has 2 N–H and O–H groups in total. The summed E-state index contributed by atoms with van der Waals surface area (Å²) in [4.78, 5) is 3.97. The molecule has 0 aromatic carbocycles. The van der Waals surface area contributed by atoms with Gasteiger partial charge in [-0.05, 0) is 44.1 Å². The van der Waals surface area contributed by atoms with Gasteiger partial charge in [0.1, 0.15) is 0 Å². The van der Waals surface area contributed by atoms with E-state index in [4.69, 9.17) is 0 Å². The second-order valence-corrected chi connectivity index (χ2v) is 7.61. The van der Waals surface area contributed by atoms with Crippen molar-refractivity contribution in [2.75, 3.05) is 13.1 Å². The molecule has 21 heavy (non-hydrogen) atoms. The maximum atomic E-state index is 10.2. The minimum Gasteiger partial charge on any atom is -0.391 e. The smallest absolute Gasteiger partial charge is 0.0695 e. The van der Waals surface area contributed by atoms with Crippen LogP contribution in [0.5, 0.6) is 0 Å². The van der Waals surface area contributed by atoms with E-state index >= 15 is 0 Å². The molecule has 1 saturated heterocycles. The molecule has 4 heteroatoms. The van der Waals surface area contributed by atoms with Crippen molar-refractivity contribution in [2.24, 2.45) is 0 Å². The van der Waals surface area contributed by atoms with E-state index in [0.717, 1.165) is 19.5 Å². The first-order valence-electron chi connectivity index (χ1n) is 8.45. The van der Waals surface area contributed by atoms with Gasteiger partial charge in [-0.2, -0.15) is 0 Å². The quantitative estimate of drug-likeness (QED) is 0.897. The topological polar surface area (TPSA) is 35.5 Å². The number of hydrogen-bond donors (Lipinski definition) is 2. The normalized spacial score (nSPS) is 30.4. The lowest BCUT2D eigenvalue weighted by atomic mass is 9.89. The molecule has 0 radical (unpaired) electrons. The van der Waals surface area contributed by atoms with E-state index in [1.807, 2.05) is 11.3 Å². The summed E-state index contributed by atoms with van der Waals surface area (Å²) in [5.41, 5.74) is 0. The molecule has 1 aliphatic heterocycles. The standard InChI is InChI=1S/C17H28N2OS/c1-13(17-7-4-12-21-17)18-14-8-10-19(11-9-14)15-5-2-3-6-16(15)20/h4,7,12-16,18,20H,2-3,5-6,8-11H2,1H3/t13-,15+,16-/m0/s1. The molecule has 1 aromatic rings. The van der Waals surface area contributed by atoms with E-state index in [-0.39, 0.29) is 6.10 Å². The highest BCUT2D eigenvalue weighted by Crippen LogP contribution is 2.27. The lowest BCUT2D eigenvalue weighted by molar-refractivity contribution is 0.00673. The lowest BCUT2D eigenvalue weighted by Gasteiger charge is -2.42. The number of nitrogens with one attached hydrogen (secondary N) is 1. The van der Waals surface area contributed by atoms with Crippen molar-refractivity contribution in [3.8, 4) is 0 Å². The highest BCUT2D eigenvalue weighted by Gasteiger charge is 2.31. The van der Waals surface area contributed by atoms with Crippen LogP contribution in [0, 0.1) is 0 Å². The average molecular weight is 308 g/mol. The Labute approximate surface area is 132 Å². The average Bonchev–Trinajstić information content (AvgIpc) is 3.03. The molecule has 3 rings (SSSR count). The molecule has 0 unspecified atom stereocenters. The predicted octanol–water partition coefficient (Wildman–Crippen LogP) is 3.17. The first-order valence-corrected chi connectivity index (χ1v) is 9.33. The van der Waals surface area contributed by atoms with E-state index in [2.05, 4.69) is 34.7 Å². The van der Waals surface area contributed by atoms with Gasteiger partial charge in [0, 0.05) is 36.1 Å². The minimum absolute atomic E-state index is 0.0895. The summed E-state index contributed by atoms with van der Waals surface area (Å²) in [7, 11) is 0. The first-order chi connectivity index (χ1) is 10.2. The van der Waals surface area contributed by atoms with Crippen LogP contribution < -0.4 is 5.32 Å². The van der Waals surface area contributed by atoms with Crippen molar-refractivity contribution in [1.82, 2.24) is 10.2 Å². The van der Waals surface area contributed by atoms with E-state index in [9.17, 15) is 5.11 Å². The summed E-state index contributed by atoms with van der Waals surface area (Å²) < 4.78 is 0. The minimum atomic E-state index is -0.0895. The molecule has 1 saturated carbocycles. The number of aliphatic hydroxyl groups excluding tert-OH is 1. The highest BCUT2D eigenvalue weighted by atomic mass is 32.1. The second kappa shape index (κ2) is 7.23. The van der Waals surface area contributed by atoms with Crippen LogP contribution in [0.25, 0.3) is 0 Å². The van der Waals surface area contributed by atoms with Crippen molar-refractivity contribution in [3.63, 3.8) is 0 Å².